The minimum atomic E-state index is -3.50. The fourth-order valence-electron chi connectivity index (χ4n) is 2.63. The molecule has 1 fully saturated rings. The molecule has 2 unspecified atom stereocenters. The van der Waals surface area contributed by atoms with Gasteiger partial charge in [0.2, 0.25) is 10.0 Å². The fraction of sp³-hybridized carbons (Fsp3) is 0.462. The minimum absolute atomic E-state index is 0.0751. The van der Waals surface area contributed by atoms with Gasteiger partial charge in [-0.1, -0.05) is 6.92 Å². The smallest absolute Gasteiger partial charge is 0.245 e. The first-order chi connectivity index (χ1) is 9.50. The lowest BCUT2D eigenvalue weighted by Crippen LogP contribution is -2.48. The number of pyridine rings is 1. The van der Waals surface area contributed by atoms with Crippen LogP contribution in [0.5, 0.6) is 0 Å². The molecule has 2 atom stereocenters. The maximum absolute atomic E-state index is 12.8. The van der Waals surface area contributed by atoms with E-state index in [0.717, 1.165) is 0 Å². The van der Waals surface area contributed by atoms with Gasteiger partial charge in [-0.15, -0.1) is 0 Å². The zero-order valence-corrected chi connectivity index (χ0v) is 12.1. The quantitative estimate of drug-likeness (QED) is 0.861. The van der Waals surface area contributed by atoms with Crippen molar-refractivity contribution < 1.29 is 8.42 Å². The van der Waals surface area contributed by atoms with E-state index in [1.54, 1.807) is 18.3 Å². The van der Waals surface area contributed by atoms with Crippen molar-refractivity contribution in [3.8, 4) is 0 Å². The first kappa shape index (κ1) is 13.5. The number of nitrogens with two attached hydrogens (primary N) is 1. The number of aromatic amines is 1. The van der Waals surface area contributed by atoms with E-state index < -0.39 is 10.0 Å². The number of hydrogen-bond donors (Lipinski definition) is 2. The number of fused-ring (bicyclic) bond motifs is 1. The van der Waals surface area contributed by atoms with E-state index in [1.165, 1.54) is 10.5 Å². The lowest BCUT2D eigenvalue weighted by Gasteiger charge is -2.34. The maximum Gasteiger partial charge on any atom is 0.245 e. The third kappa shape index (κ3) is 2.11. The number of sulfonamides is 1. The Kier molecular flexibility index (Phi) is 3.27. The highest BCUT2D eigenvalue weighted by molar-refractivity contribution is 7.89. The van der Waals surface area contributed by atoms with Crippen molar-refractivity contribution in [3.05, 3.63) is 24.5 Å². The summed E-state index contributed by atoms with van der Waals surface area (Å²) >= 11 is 0. The van der Waals surface area contributed by atoms with Gasteiger partial charge in [0.1, 0.15) is 10.5 Å². The Morgan fingerprint density at radius 3 is 3.05 bits per heavy atom. The summed E-state index contributed by atoms with van der Waals surface area (Å²) in [6.07, 6.45) is 3.85. The van der Waals surface area contributed by atoms with Crippen LogP contribution < -0.4 is 5.73 Å². The number of rotatable bonds is 2. The molecule has 20 heavy (non-hydrogen) atoms. The van der Waals surface area contributed by atoms with E-state index in [-0.39, 0.29) is 12.0 Å². The van der Waals surface area contributed by atoms with Gasteiger partial charge in [-0.2, -0.15) is 4.31 Å². The van der Waals surface area contributed by atoms with Gasteiger partial charge in [0.25, 0.3) is 0 Å². The zero-order valence-electron chi connectivity index (χ0n) is 11.3. The lowest BCUT2D eigenvalue weighted by molar-refractivity contribution is 0.250. The van der Waals surface area contributed by atoms with E-state index in [4.69, 9.17) is 5.73 Å². The summed E-state index contributed by atoms with van der Waals surface area (Å²) < 4.78 is 27.0. The molecule has 0 spiro atoms. The van der Waals surface area contributed by atoms with Crippen molar-refractivity contribution in [3.63, 3.8) is 0 Å². The van der Waals surface area contributed by atoms with Gasteiger partial charge >= 0.3 is 0 Å². The van der Waals surface area contributed by atoms with Crippen LogP contribution in [0.3, 0.4) is 0 Å². The summed E-state index contributed by atoms with van der Waals surface area (Å²) in [6, 6.07) is 3.58. The predicted molar refractivity (Wildman–Crippen MR) is 76.6 cm³/mol. The molecular weight excluding hydrogens is 276 g/mol. The van der Waals surface area contributed by atoms with Crippen molar-refractivity contribution in [1.29, 1.82) is 0 Å². The van der Waals surface area contributed by atoms with Gasteiger partial charge in [-0.25, -0.2) is 13.4 Å². The summed E-state index contributed by atoms with van der Waals surface area (Å²) in [7, 11) is -3.50. The third-order valence-corrected chi connectivity index (χ3v) is 5.87. The predicted octanol–water partition coefficient (Wildman–Crippen LogP) is 0.921. The largest absolute Gasteiger partial charge is 0.345 e. The molecule has 0 aromatic carbocycles. The molecule has 3 heterocycles. The van der Waals surface area contributed by atoms with Crippen LogP contribution in [0.15, 0.2) is 29.4 Å². The molecule has 7 heteroatoms. The van der Waals surface area contributed by atoms with Crippen molar-refractivity contribution in [2.45, 2.75) is 24.3 Å². The van der Waals surface area contributed by atoms with Crippen molar-refractivity contribution in [2.24, 2.45) is 11.7 Å². The molecule has 0 amide bonds. The number of H-pyrrole nitrogens is 1. The average Bonchev–Trinajstić information content (AvgIpc) is 2.86. The SMILES string of the molecule is CC1CN(S(=O)(=O)c2c[nH]c3ncccc23)CCC1N. The molecule has 1 aliphatic rings. The van der Waals surface area contributed by atoms with Crippen molar-refractivity contribution in [1.82, 2.24) is 14.3 Å². The highest BCUT2D eigenvalue weighted by Crippen LogP contribution is 2.27. The van der Waals surface area contributed by atoms with Crippen molar-refractivity contribution >= 4 is 21.1 Å². The van der Waals surface area contributed by atoms with E-state index in [0.29, 0.717) is 35.4 Å². The zero-order chi connectivity index (χ0) is 14.3. The van der Waals surface area contributed by atoms with Gasteiger partial charge in [-0.05, 0) is 24.5 Å². The van der Waals surface area contributed by atoms with E-state index in [2.05, 4.69) is 9.97 Å². The number of aromatic nitrogens is 2. The van der Waals surface area contributed by atoms with Crippen LogP contribution in [0.25, 0.3) is 11.0 Å². The number of piperidine rings is 1. The summed E-state index contributed by atoms with van der Waals surface area (Å²) in [4.78, 5) is 7.34. The lowest BCUT2D eigenvalue weighted by atomic mass is 9.96. The van der Waals surface area contributed by atoms with Crippen LogP contribution in [0.2, 0.25) is 0 Å². The van der Waals surface area contributed by atoms with Crippen LogP contribution in [-0.2, 0) is 10.0 Å². The van der Waals surface area contributed by atoms with Crippen LogP contribution in [-0.4, -0.2) is 41.8 Å². The molecular formula is C13H18N4O2S. The van der Waals surface area contributed by atoms with Crippen molar-refractivity contribution in [2.75, 3.05) is 13.1 Å². The standard InChI is InChI=1S/C13H18N4O2S/c1-9-8-17(6-4-11(9)14)20(18,19)12-7-16-13-10(12)3-2-5-15-13/h2-3,5,7,9,11H,4,6,8,14H2,1H3,(H,15,16). The summed E-state index contributed by atoms with van der Waals surface area (Å²) in [5, 5.41) is 0.634. The molecule has 0 saturated carbocycles. The molecule has 0 radical (unpaired) electrons. The maximum atomic E-state index is 12.8. The number of hydrogen-bond acceptors (Lipinski definition) is 4. The second-order valence-corrected chi connectivity index (χ2v) is 7.25. The number of nitrogens with zero attached hydrogens (tertiary/aromatic N) is 2. The Labute approximate surface area is 118 Å². The van der Waals surface area contributed by atoms with Gasteiger partial charge < -0.3 is 10.7 Å². The van der Waals surface area contributed by atoms with E-state index in [9.17, 15) is 8.42 Å². The number of nitrogens with one attached hydrogen (secondary N) is 1. The molecule has 1 saturated heterocycles. The Morgan fingerprint density at radius 2 is 2.30 bits per heavy atom. The summed E-state index contributed by atoms with van der Waals surface area (Å²) in [5.74, 6) is 0.168. The monoisotopic (exact) mass is 294 g/mol. The van der Waals surface area contributed by atoms with E-state index >= 15 is 0 Å². The molecule has 2 aromatic rings. The van der Waals surface area contributed by atoms with Crippen LogP contribution in [0.4, 0.5) is 0 Å². The highest BCUT2D eigenvalue weighted by atomic mass is 32.2. The molecule has 3 N–H and O–H groups in total. The second kappa shape index (κ2) is 4.83. The Hall–Kier alpha value is -1.44. The van der Waals surface area contributed by atoms with Gasteiger partial charge in [-0.3, -0.25) is 0 Å². The molecule has 1 aliphatic heterocycles. The van der Waals surface area contributed by atoms with Crippen LogP contribution in [0, 0.1) is 5.92 Å². The molecule has 0 aliphatic carbocycles. The second-order valence-electron chi connectivity index (χ2n) is 5.35. The van der Waals surface area contributed by atoms with Gasteiger partial charge in [0.15, 0.2) is 0 Å². The van der Waals surface area contributed by atoms with Crippen LogP contribution >= 0.6 is 0 Å². The third-order valence-electron chi connectivity index (χ3n) is 3.97. The first-order valence-corrected chi connectivity index (χ1v) is 8.12. The normalized spacial score (nSPS) is 25.1. The van der Waals surface area contributed by atoms with Gasteiger partial charge in [0, 0.05) is 36.9 Å². The Morgan fingerprint density at radius 1 is 1.50 bits per heavy atom. The molecule has 2 aromatic heterocycles. The first-order valence-electron chi connectivity index (χ1n) is 6.68. The summed E-state index contributed by atoms with van der Waals surface area (Å²) in [6.45, 7) is 2.93. The molecule has 6 nitrogen and oxygen atoms in total. The topological polar surface area (TPSA) is 92.1 Å². The average molecular weight is 294 g/mol. The minimum Gasteiger partial charge on any atom is -0.345 e. The summed E-state index contributed by atoms with van der Waals surface area (Å²) in [5.41, 5.74) is 6.55. The highest BCUT2D eigenvalue weighted by Gasteiger charge is 2.33. The fourth-order valence-corrected chi connectivity index (χ4v) is 4.33. The molecule has 3 rings (SSSR count). The Bertz CT molecular complexity index is 725. The molecule has 0 bridgehead atoms. The Balaban J connectivity index is 2.00. The molecule has 108 valence electrons. The van der Waals surface area contributed by atoms with Crippen LogP contribution in [0.1, 0.15) is 13.3 Å². The van der Waals surface area contributed by atoms with Gasteiger partial charge in [0.05, 0.1) is 0 Å². The van der Waals surface area contributed by atoms with E-state index in [1.807, 2.05) is 6.92 Å².